The Bertz CT molecular complexity index is 2980. The molecule has 1 heteroatoms. The molecule has 276 valence electrons. The second kappa shape index (κ2) is 11.3. The standard InChI is InChI=1S/C57H42O/c1-2-15-46-41(11-1)47(33-53-55(46)58-54-20-10-9-19-51(54)57(53)49-17-7-4-12-42(49)43-13-5-8-18-50(43)57)37-23-21-36(22-24-37)38-25-26-45-44-14-3-6-16-48(44)56(52(45)32-38)39-28-34-27-35(30-39)31-40(56)29-34/h1-26,32-35,39-40H,27-31H2. The maximum atomic E-state index is 7.02. The van der Waals surface area contributed by atoms with Crippen LogP contribution in [0, 0.1) is 23.7 Å². The lowest BCUT2D eigenvalue weighted by atomic mass is 9.43. The molecule has 2 spiro atoms. The average Bonchev–Trinajstić information content (AvgIpc) is 3.73. The third-order valence-electron chi connectivity index (χ3n) is 15.9. The van der Waals surface area contributed by atoms with E-state index < -0.39 is 5.41 Å². The molecule has 0 amide bonds. The van der Waals surface area contributed by atoms with E-state index in [0.29, 0.717) is 0 Å². The topological polar surface area (TPSA) is 9.23 Å². The molecule has 6 aliphatic carbocycles. The van der Waals surface area contributed by atoms with Crippen LogP contribution in [0.3, 0.4) is 0 Å². The zero-order valence-electron chi connectivity index (χ0n) is 32.4. The normalized spacial score (nSPS) is 24.2. The van der Waals surface area contributed by atoms with E-state index in [1.807, 2.05) is 0 Å². The van der Waals surface area contributed by atoms with Crippen molar-refractivity contribution in [3.63, 3.8) is 0 Å². The molecule has 1 heterocycles. The van der Waals surface area contributed by atoms with Gasteiger partial charge in [-0.1, -0.05) is 152 Å². The fourth-order valence-corrected chi connectivity index (χ4v) is 14.1. The maximum Gasteiger partial charge on any atom is 0.140 e. The van der Waals surface area contributed by atoms with Gasteiger partial charge in [0.05, 0.1) is 5.41 Å². The number of para-hydroxylation sites is 1. The van der Waals surface area contributed by atoms with Crippen LogP contribution in [0.5, 0.6) is 11.5 Å². The van der Waals surface area contributed by atoms with Crippen LogP contribution in [0.1, 0.15) is 65.5 Å². The van der Waals surface area contributed by atoms with Crippen LogP contribution in [0.4, 0.5) is 0 Å². The molecule has 4 saturated carbocycles. The van der Waals surface area contributed by atoms with Gasteiger partial charge in [-0.15, -0.1) is 0 Å². The Kier molecular flexibility index (Phi) is 6.19. The average molecular weight is 743 g/mol. The summed E-state index contributed by atoms with van der Waals surface area (Å²) >= 11 is 0. The molecule has 58 heavy (non-hydrogen) atoms. The molecule has 1 nitrogen and oxygen atoms in total. The van der Waals surface area contributed by atoms with E-state index >= 15 is 0 Å². The number of hydrogen-bond donors (Lipinski definition) is 0. The van der Waals surface area contributed by atoms with E-state index in [9.17, 15) is 0 Å². The van der Waals surface area contributed by atoms with Crippen molar-refractivity contribution in [2.24, 2.45) is 23.7 Å². The molecular formula is C57H42O. The van der Waals surface area contributed by atoms with E-state index in [-0.39, 0.29) is 5.41 Å². The molecule has 0 atom stereocenters. The minimum atomic E-state index is -0.508. The van der Waals surface area contributed by atoms with Crippen LogP contribution < -0.4 is 4.74 Å². The van der Waals surface area contributed by atoms with E-state index in [0.717, 1.165) is 40.6 Å². The van der Waals surface area contributed by atoms with Crippen molar-refractivity contribution in [1.82, 2.24) is 0 Å². The van der Waals surface area contributed by atoms with E-state index in [4.69, 9.17) is 4.74 Å². The Morgan fingerprint density at radius 3 is 1.57 bits per heavy atom. The first-order valence-corrected chi connectivity index (χ1v) is 21.6. The van der Waals surface area contributed by atoms with Gasteiger partial charge in [0.2, 0.25) is 0 Å². The molecule has 0 saturated heterocycles. The summed E-state index contributed by atoms with van der Waals surface area (Å²) in [6.45, 7) is 0. The molecule has 0 aromatic heterocycles. The number of benzene rings is 8. The molecule has 8 aromatic rings. The van der Waals surface area contributed by atoms with Crippen molar-refractivity contribution in [3.8, 4) is 56.0 Å². The fraction of sp³-hybridized carbons (Fsp3) is 0.193. The zero-order valence-corrected chi connectivity index (χ0v) is 32.4. The first kappa shape index (κ1) is 31.9. The van der Waals surface area contributed by atoms with Gasteiger partial charge in [0.1, 0.15) is 11.5 Å². The van der Waals surface area contributed by atoms with Gasteiger partial charge in [0.25, 0.3) is 0 Å². The third kappa shape index (κ3) is 3.84. The summed E-state index contributed by atoms with van der Waals surface area (Å²) in [7, 11) is 0. The van der Waals surface area contributed by atoms with Crippen LogP contribution in [0.25, 0.3) is 55.3 Å². The first-order chi connectivity index (χ1) is 28.7. The summed E-state index contributed by atoms with van der Waals surface area (Å²) in [6.07, 6.45) is 7.10. The second-order valence-electron chi connectivity index (χ2n) is 18.3. The second-order valence-corrected chi connectivity index (χ2v) is 18.3. The highest BCUT2D eigenvalue weighted by Gasteiger charge is 2.61. The number of fused-ring (bicyclic) bond motifs is 14. The van der Waals surface area contributed by atoms with Gasteiger partial charge in [-0.2, -0.15) is 0 Å². The Labute approximate surface area is 340 Å². The molecule has 4 fully saturated rings. The molecule has 4 bridgehead atoms. The Morgan fingerprint density at radius 2 is 0.879 bits per heavy atom. The van der Waals surface area contributed by atoms with E-state index in [1.165, 1.54) is 104 Å². The molecule has 7 aliphatic rings. The highest BCUT2D eigenvalue weighted by atomic mass is 16.5. The largest absolute Gasteiger partial charge is 0.456 e. The molecule has 8 aromatic carbocycles. The number of hydrogen-bond acceptors (Lipinski definition) is 1. The first-order valence-electron chi connectivity index (χ1n) is 21.6. The molecule has 0 unspecified atom stereocenters. The van der Waals surface area contributed by atoms with Gasteiger partial charge in [0, 0.05) is 21.9 Å². The smallest absolute Gasteiger partial charge is 0.140 e. The molecule has 0 radical (unpaired) electrons. The van der Waals surface area contributed by atoms with Crippen LogP contribution in [-0.4, -0.2) is 0 Å². The summed E-state index contributed by atoms with van der Waals surface area (Å²) in [4.78, 5) is 0. The van der Waals surface area contributed by atoms with Crippen molar-refractivity contribution in [1.29, 1.82) is 0 Å². The van der Waals surface area contributed by atoms with E-state index in [1.54, 1.807) is 11.1 Å². The summed E-state index contributed by atoms with van der Waals surface area (Å²) in [5.41, 5.74) is 18.6. The lowest BCUT2D eigenvalue weighted by molar-refractivity contribution is -0.0399. The maximum absolute atomic E-state index is 7.02. The predicted octanol–water partition coefficient (Wildman–Crippen LogP) is 14.4. The van der Waals surface area contributed by atoms with Crippen molar-refractivity contribution >= 4 is 10.8 Å². The summed E-state index contributed by atoms with van der Waals surface area (Å²) < 4.78 is 7.02. The van der Waals surface area contributed by atoms with Crippen molar-refractivity contribution in [3.05, 3.63) is 203 Å². The Morgan fingerprint density at radius 1 is 0.362 bits per heavy atom. The van der Waals surface area contributed by atoms with Gasteiger partial charge < -0.3 is 4.74 Å². The van der Waals surface area contributed by atoms with Gasteiger partial charge in [-0.3, -0.25) is 0 Å². The van der Waals surface area contributed by atoms with Crippen LogP contribution in [0.15, 0.2) is 170 Å². The summed E-state index contributed by atoms with van der Waals surface area (Å²) in [5, 5.41) is 2.36. The lowest BCUT2D eigenvalue weighted by Crippen LogP contribution is -2.55. The van der Waals surface area contributed by atoms with Gasteiger partial charge in [-0.05, 0) is 146 Å². The predicted molar refractivity (Wildman–Crippen MR) is 235 cm³/mol. The molecular weight excluding hydrogens is 701 g/mol. The SMILES string of the molecule is c1ccc2c(c1)Oc1c(cc(-c3ccc(-c4ccc5c(c4)C4(c6ccccc6-5)C5CC6CC(C5)CC4C6)cc3)c3ccccc13)C21c2ccccc2-c2ccccc21. The summed E-state index contributed by atoms with van der Waals surface area (Å²) in [5.74, 6) is 5.29. The lowest BCUT2D eigenvalue weighted by Gasteiger charge is -2.61. The van der Waals surface area contributed by atoms with Crippen molar-refractivity contribution in [2.75, 3.05) is 0 Å². The highest BCUT2D eigenvalue weighted by molar-refractivity contribution is 6.04. The number of ether oxygens (including phenoxy) is 1. The van der Waals surface area contributed by atoms with E-state index in [2.05, 4.69) is 170 Å². The van der Waals surface area contributed by atoms with Crippen LogP contribution in [0.2, 0.25) is 0 Å². The molecule has 1 aliphatic heterocycles. The minimum Gasteiger partial charge on any atom is -0.456 e. The van der Waals surface area contributed by atoms with Gasteiger partial charge in [-0.25, -0.2) is 0 Å². The van der Waals surface area contributed by atoms with Gasteiger partial charge >= 0.3 is 0 Å². The zero-order chi connectivity index (χ0) is 37.7. The minimum absolute atomic E-state index is 0.172. The Balaban J connectivity index is 0.941. The van der Waals surface area contributed by atoms with Crippen LogP contribution >= 0.6 is 0 Å². The summed E-state index contributed by atoms with van der Waals surface area (Å²) in [6, 6.07) is 64.4. The van der Waals surface area contributed by atoms with Gasteiger partial charge in [0.15, 0.2) is 0 Å². The third-order valence-corrected chi connectivity index (χ3v) is 15.9. The highest BCUT2D eigenvalue weighted by Crippen LogP contribution is 2.70. The van der Waals surface area contributed by atoms with Crippen molar-refractivity contribution in [2.45, 2.75) is 42.9 Å². The molecule has 0 N–H and O–H groups in total. The Hall–Kier alpha value is -6.18. The van der Waals surface area contributed by atoms with Crippen molar-refractivity contribution < 1.29 is 4.74 Å². The van der Waals surface area contributed by atoms with Crippen LogP contribution in [-0.2, 0) is 10.8 Å². The monoisotopic (exact) mass is 742 g/mol. The fourth-order valence-electron chi connectivity index (χ4n) is 14.1. The quantitative estimate of drug-likeness (QED) is 0.171. The molecule has 15 rings (SSSR count). The number of rotatable bonds is 2.